The van der Waals surface area contributed by atoms with Crippen LogP contribution in [0.3, 0.4) is 0 Å². The summed E-state index contributed by atoms with van der Waals surface area (Å²) in [6, 6.07) is 10.0. The average molecular weight is 282 g/mol. The number of aliphatic hydroxyl groups is 1. The number of carbonyl (C=O) groups excluding carboxylic acids is 1. The summed E-state index contributed by atoms with van der Waals surface area (Å²) in [5.74, 6) is -0.378. The summed E-state index contributed by atoms with van der Waals surface area (Å²) < 4.78 is 4.73. The van der Waals surface area contributed by atoms with Crippen molar-refractivity contribution in [1.82, 2.24) is 0 Å². The Hall–Kier alpha value is -1.00. The highest BCUT2D eigenvalue weighted by Gasteiger charge is 2.37. The summed E-state index contributed by atoms with van der Waals surface area (Å²) >= 11 is 1.70. The van der Waals surface area contributed by atoms with Gasteiger partial charge in [0.15, 0.2) is 0 Å². The van der Waals surface area contributed by atoms with E-state index in [0.29, 0.717) is 6.42 Å². The molecule has 1 aromatic carbocycles. The van der Waals surface area contributed by atoms with Crippen LogP contribution >= 0.6 is 11.8 Å². The molecule has 2 atom stereocenters. The molecular formula is C15H22O3S. The molecule has 0 amide bonds. The van der Waals surface area contributed by atoms with Crippen molar-refractivity contribution in [1.29, 1.82) is 0 Å². The van der Waals surface area contributed by atoms with Gasteiger partial charge in [0.05, 0.1) is 18.6 Å². The largest absolute Gasteiger partial charge is 0.469 e. The first-order valence-corrected chi connectivity index (χ1v) is 7.24. The number of ether oxygens (including phenoxy) is 1. The molecule has 0 fully saturated rings. The fourth-order valence-corrected chi connectivity index (χ4v) is 2.85. The van der Waals surface area contributed by atoms with Crippen molar-refractivity contribution in [3.8, 4) is 0 Å². The molecule has 106 valence electrons. The number of hydrogen-bond acceptors (Lipinski definition) is 4. The maximum atomic E-state index is 11.6. The third-order valence-corrected chi connectivity index (χ3v) is 4.32. The number of esters is 1. The van der Waals surface area contributed by atoms with Crippen molar-refractivity contribution in [2.45, 2.75) is 43.4 Å². The number of hydrogen-bond donors (Lipinski definition) is 1. The second-order valence-corrected chi connectivity index (χ2v) is 6.72. The zero-order valence-electron chi connectivity index (χ0n) is 11.9. The summed E-state index contributed by atoms with van der Waals surface area (Å²) in [5, 5.41) is 10.4. The van der Waals surface area contributed by atoms with E-state index in [2.05, 4.69) is 0 Å². The monoisotopic (exact) mass is 282 g/mol. The Balaban J connectivity index is 2.57. The van der Waals surface area contributed by atoms with Crippen LogP contribution in [0.2, 0.25) is 0 Å². The SMILES string of the molecule is COC(=O)C(C)(C)[C@H](O)C[C@@H](C)Sc1ccccc1. The summed E-state index contributed by atoms with van der Waals surface area (Å²) in [4.78, 5) is 12.8. The highest BCUT2D eigenvalue weighted by molar-refractivity contribution is 7.99. The van der Waals surface area contributed by atoms with E-state index < -0.39 is 11.5 Å². The number of thioether (sulfide) groups is 1. The van der Waals surface area contributed by atoms with E-state index in [0.717, 1.165) is 4.90 Å². The van der Waals surface area contributed by atoms with Gasteiger partial charge in [-0.05, 0) is 32.4 Å². The summed E-state index contributed by atoms with van der Waals surface area (Å²) in [6.45, 7) is 5.47. The van der Waals surface area contributed by atoms with Crippen LogP contribution in [0.1, 0.15) is 27.2 Å². The van der Waals surface area contributed by atoms with Crippen LogP contribution in [0, 0.1) is 5.41 Å². The van der Waals surface area contributed by atoms with E-state index in [1.165, 1.54) is 7.11 Å². The molecule has 0 aliphatic rings. The van der Waals surface area contributed by atoms with Gasteiger partial charge >= 0.3 is 5.97 Å². The van der Waals surface area contributed by atoms with E-state index in [-0.39, 0.29) is 11.2 Å². The zero-order valence-corrected chi connectivity index (χ0v) is 12.7. The van der Waals surface area contributed by atoms with Gasteiger partial charge in [0.2, 0.25) is 0 Å². The average Bonchev–Trinajstić information content (AvgIpc) is 2.38. The van der Waals surface area contributed by atoms with Crippen molar-refractivity contribution < 1.29 is 14.6 Å². The highest BCUT2D eigenvalue weighted by Crippen LogP contribution is 2.31. The van der Waals surface area contributed by atoms with Crippen molar-refractivity contribution in [3.63, 3.8) is 0 Å². The second kappa shape index (κ2) is 6.96. The predicted octanol–water partition coefficient (Wildman–Crippen LogP) is 3.12. The number of aliphatic hydroxyl groups excluding tert-OH is 1. The lowest BCUT2D eigenvalue weighted by Gasteiger charge is -2.29. The van der Waals surface area contributed by atoms with E-state index in [4.69, 9.17) is 4.74 Å². The Morgan fingerprint density at radius 2 is 1.95 bits per heavy atom. The third kappa shape index (κ3) is 4.55. The normalized spacial score (nSPS) is 14.8. The lowest BCUT2D eigenvalue weighted by atomic mass is 9.84. The molecule has 0 saturated carbocycles. The molecule has 0 aromatic heterocycles. The number of benzene rings is 1. The van der Waals surface area contributed by atoms with Gasteiger partial charge in [-0.1, -0.05) is 25.1 Å². The summed E-state index contributed by atoms with van der Waals surface area (Å²) in [7, 11) is 1.35. The molecule has 0 heterocycles. The number of methoxy groups -OCH3 is 1. The van der Waals surface area contributed by atoms with Gasteiger partial charge in [-0.15, -0.1) is 11.8 Å². The predicted molar refractivity (Wildman–Crippen MR) is 78.2 cm³/mol. The molecule has 1 aromatic rings. The summed E-state index contributed by atoms with van der Waals surface area (Å²) in [5.41, 5.74) is -0.875. The molecule has 0 spiro atoms. The van der Waals surface area contributed by atoms with Gasteiger partial charge in [0.25, 0.3) is 0 Å². The first-order chi connectivity index (χ1) is 8.87. The minimum atomic E-state index is -0.875. The molecule has 3 nitrogen and oxygen atoms in total. The molecule has 0 radical (unpaired) electrons. The van der Waals surface area contributed by atoms with E-state index in [9.17, 15) is 9.90 Å². The van der Waals surface area contributed by atoms with E-state index in [1.807, 2.05) is 37.3 Å². The van der Waals surface area contributed by atoms with Crippen LogP contribution in [0.25, 0.3) is 0 Å². The first-order valence-electron chi connectivity index (χ1n) is 6.36. The molecule has 0 unspecified atom stereocenters. The summed E-state index contributed by atoms with van der Waals surface area (Å²) in [6.07, 6.45) is -0.173. The standard InChI is InChI=1S/C15H22O3S/c1-11(19-12-8-6-5-7-9-12)10-13(16)15(2,3)14(17)18-4/h5-9,11,13,16H,10H2,1-4H3/t11-,13-/m1/s1. The molecule has 1 N–H and O–H groups in total. The molecular weight excluding hydrogens is 260 g/mol. The Morgan fingerprint density at radius 1 is 1.37 bits per heavy atom. The van der Waals surface area contributed by atoms with Gasteiger partial charge in [-0.3, -0.25) is 4.79 Å². The number of rotatable bonds is 6. The second-order valence-electron chi connectivity index (χ2n) is 5.21. The van der Waals surface area contributed by atoms with Crippen LogP contribution in [0.5, 0.6) is 0 Å². The van der Waals surface area contributed by atoms with Gasteiger partial charge in [0.1, 0.15) is 0 Å². The molecule has 0 aliphatic carbocycles. The van der Waals surface area contributed by atoms with Crippen LogP contribution in [0.4, 0.5) is 0 Å². The number of carbonyl (C=O) groups is 1. The minimum Gasteiger partial charge on any atom is -0.469 e. The van der Waals surface area contributed by atoms with Crippen molar-refractivity contribution in [2.75, 3.05) is 7.11 Å². The molecule has 0 saturated heterocycles. The van der Waals surface area contributed by atoms with Crippen molar-refractivity contribution >= 4 is 17.7 Å². The maximum absolute atomic E-state index is 11.6. The fourth-order valence-electron chi connectivity index (χ4n) is 1.79. The van der Waals surface area contributed by atoms with Gasteiger partial charge < -0.3 is 9.84 Å². The Kier molecular flexibility index (Phi) is 5.88. The lowest BCUT2D eigenvalue weighted by Crippen LogP contribution is -2.39. The van der Waals surface area contributed by atoms with E-state index in [1.54, 1.807) is 25.6 Å². The van der Waals surface area contributed by atoms with Crippen molar-refractivity contribution in [3.05, 3.63) is 30.3 Å². The fraction of sp³-hybridized carbons (Fsp3) is 0.533. The van der Waals surface area contributed by atoms with Gasteiger partial charge in [-0.2, -0.15) is 0 Å². The third-order valence-electron chi connectivity index (χ3n) is 3.18. The molecule has 1 rings (SSSR count). The van der Waals surface area contributed by atoms with E-state index >= 15 is 0 Å². The zero-order chi connectivity index (χ0) is 14.5. The topological polar surface area (TPSA) is 46.5 Å². The van der Waals surface area contributed by atoms with Crippen LogP contribution in [0.15, 0.2) is 35.2 Å². The molecule has 4 heteroatoms. The molecule has 0 aliphatic heterocycles. The Labute approximate surface area is 119 Å². The minimum absolute atomic E-state index is 0.223. The van der Waals surface area contributed by atoms with Crippen molar-refractivity contribution in [2.24, 2.45) is 5.41 Å². The smallest absolute Gasteiger partial charge is 0.313 e. The highest BCUT2D eigenvalue weighted by atomic mass is 32.2. The Morgan fingerprint density at radius 3 is 2.47 bits per heavy atom. The van der Waals surface area contributed by atoms with Crippen LogP contribution < -0.4 is 0 Å². The maximum Gasteiger partial charge on any atom is 0.313 e. The quantitative estimate of drug-likeness (QED) is 0.643. The molecule has 0 bridgehead atoms. The van der Waals surface area contributed by atoms with Gasteiger partial charge in [-0.25, -0.2) is 0 Å². The van der Waals surface area contributed by atoms with Gasteiger partial charge in [0, 0.05) is 10.1 Å². The van der Waals surface area contributed by atoms with Crippen LogP contribution in [-0.4, -0.2) is 29.5 Å². The first kappa shape index (κ1) is 16.1. The molecule has 19 heavy (non-hydrogen) atoms. The lowest BCUT2D eigenvalue weighted by molar-refractivity contribution is -0.157. The van der Waals surface area contributed by atoms with Crippen LogP contribution in [-0.2, 0) is 9.53 Å². The Bertz CT molecular complexity index is 403.